The van der Waals surface area contributed by atoms with Gasteiger partial charge in [-0.3, -0.25) is 0 Å². The number of aryl methyl sites for hydroxylation is 1. The van der Waals surface area contributed by atoms with Gasteiger partial charge in [-0.1, -0.05) is 6.07 Å². The third-order valence-electron chi connectivity index (χ3n) is 1.75. The molecule has 1 aromatic rings. The zero-order valence-corrected chi connectivity index (χ0v) is 7.70. The van der Waals surface area contributed by atoms with Gasteiger partial charge in [0.15, 0.2) is 0 Å². The van der Waals surface area contributed by atoms with E-state index in [1.54, 1.807) is 0 Å². The molecular formula is C10H15S+. The van der Waals surface area contributed by atoms with E-state index >= 15 is 0 Å². The van der Waals surface area contributed by atoms with E-state index in [1.165, 1.54) is 30.6 Å². The quantitative estimate of drug-likeness (QED) is 0.463. The number of hydrogen-bond donors (Lipinski definition) is 0. The summed E-state index contributed by atoms with van der Waals surface area (Å²) in [5, 5.41) is 2.15. The van der Waals surface area contributed by atoms with E-state index in [0.717, 1.165) is 6.42 Å². The molecule has 0 fully saturated rings. The monoisotopic (exact) mass is 167 g/mol. The van der Waals surface area contributed by atoms with E-state index < -0.39 is 0 Å². The Balaban J connectivity index is 2.04. The van der Waals surface area contributed by atoms with Crippen molar-refractivity contribution in [3.05, 3.63) is 29.3 Å². The zero-order chi connectivity index (χ0) is 7.94. The van der Waals surface area contributed by atoms with Gasteiger partial charge in [-0.15, -0.1) is 11.3 Å². The Kier molecular flexibility index (Phi) is 4.14. The summed E-state index contributed by atoms with van der Waals surface area (Å²) in [5.41, 5.74) is 0. The maximum atomic E-state index is 3.82. The summed E-state index contributed by atoms with van der Waals surface area (Å²) in [4.78, 5) is 1.52. The fourth-order valence-electron chi connectivity index (χ4n) is 1.11. The number of hydrogen-bond acceptors (Lipinski definition) is 1. The Morgan fingerprint density at radius 3 is 2.82 bits per heavy atom. The predicted molar refractivity (Wildman–Crippen MR) is 51.8 cm³/mol. The van der Waals surface area contributed by atoms with Crippen LogP contribution in [0, 0.1) is 6.92 Å². The van der Waals surface area contributed by atoms with Gasteiger partial charge >= 0.3 is 0 Å². The summed E-state index contributed by atoms with van der Waals surface area (Å²) in [6, 6.07) is 4.34. The summed E-state index contributed by atoms with van der Waals surface area (Å²) in [6.45, 7) is 3.82. The Morgan fingerprint density at radius 1 is 1.27 bits per heavy atom. The SMILES string of the molecule is [CH2+]CCCCCc1cccs1. The largest absolute Gasteiger partial charge is 0.149 e. The van der Waals surface area contributed by atoms with Crippen LogP contribution in [0.2, 0.25) is 0 Å². The molecule has 1 aromatic heterocycles. The van der Waals surface area contributed by atoms with Crippen LogP contribution in [0.5, 0.6) is 0 Å². The first-order valence-electron chi connectivity index (χ1n) is 4.25. The van der Waals surface area contributed by atoms with Crippen molar-refractivity contribution in [1.82, 2.24) is 0 Å². The minimum atomic E-state index is 1.09. The van der Waals surface area contributed by atoms with Gasteiger partial charge in [-0.25, -0.2) is 0 Å². The summed E-state index contributed by atoms with van der Waals surface area (Å²) >= 11 is 1.87. The molecule has 0 radical (unpaired) electrons. The van der Waals surface area contributed by atoms with Gasteiger partial charge in [-0.2, -0.15) is 0 Å². The highest BCUT2D eigenvalue weighted by molar-refractivity contribution is 7.09. The third-order valence-corrected chi connectivity index (χ3v) is 2.69. The van der Waals surface area contributed by atoms with Gasteiger partial charge in [-0.05, 0) is 37.1 Å². The molecule has 0 nitrogen and oxygen atoms in total. The molecule has 0 aliphatic rings. The number of thiophene rings is 1. The molecule has 0 atom stereocenters. The molecule has 0 saturated carbocycles. The van der Waals surface area contributed by atoms with Crippen LogP contribution in [0.3, 0.4) is 0 Å². The van der Waals surface area contributed by atoms with Crippen LogP contribution in [0.4, 0.5) is 0 Å². The highest BCUT2D eigenvalue weighted by atomic mass is 32.1. The molecule has 11 heavy (non-hydrogen) atoms. The lowest BCUT2D eigenvalue weighted by Crippen LogP contribution is -1.80. The van der Waals surface area contributed by atoms with Crippen LogP contribution >= 0.6 is 11.3 Å². The van der Waals surface area contributed by atoms with E-state index in [-0.39, 0.29) is 0 Å². The first-order chi connectivity index (χ1) is 5.43. The molecule has 1 rings (SSSR count). The van der Waals surface area contributed by atoms with Gasteiger partial charge in [0.1, 0.15) is 0 Å². The molecule has 0 spiro atoms. The predicted octanol–water partition coefficient (Wildman–Crippen LogP) is 3.69. The van der Waals surface area contributed by atoms with E-state index in [4.69, 9.17) is 0 Å². The minimum absolute atomic E-state index is 1.09. The smallest absolute Gasteiger partial charge is 0.0850 e. The summed E-state index contributed by atoms with van der Waals surface area (Å²) in [5.74, 6) is 0. The van der Waals surface area contributed by atoms with Crippen molar-refractivity contribution < 1.29 is 0 Å². The molecule has 1 heterocycles. The topological polar surface area (TPSA) is 0 Å². The molecule has 0 amide bonds. The average Bonchev–Trinajstić information content (AvgIpc) is 2.50. The van der Waals surface area contributed by atoms with Crippen molar-refractivity contribution in [2.24, 2.45) is 0 Å². The minimum Gasteiger partial charge on any atom is -0.149 e. The molecule has 0 bridgehead atoms. The lowest BCUT2D eigenvalue weighted by atomic mass is 10.1. The normalized spacial score (nSPS) is 10.2. The summed E-state index contributed by atoms with van der Waals surface area (Å²) < 4.78 is 0. The first kappa shape index (κ1) is 8.66. The van der Waals surface area contributed by atoms with Crippen molar-refractivity contribution in [3.8, 4) is 0 Å². The molecule has 0 unspecified atom stereocenters. The Hall–Kier alpha value is -0.430. The standard InChI is InChI=1S/C10H15S/c1-2-3-4-5-7-10-8-6-9-11-10/h6,8-9H,1-5,7H2/q+1. The number of rotatable bonds is 5. The Bertz CT molecular complexity index is 165. The van der Waals surface area contributed by atoms with Crippen molar-refractivity contribution in [2.45, 2.75) is 32.1 Å². The van der Waals surface area contributed by atoms with Crippen LogP contribution in [0.25, 0.3) is 0 Å². The molecule has 0 N–H and O–H groups in total. The first-order valence-corrected chi connectivity index (χ1v) is 5.13. The maximum absolute atomic E-state index is 3.82. The van der Waals surface area contributed by atoms with Crippen LogP contribution < -0.4 is 0 Å². The van der Waals surface area contributed by atoms with Crippen LogP contribution in [-0.4, -0.2) is 0 Å². The van der Waals surface area contributed by atoms with E-state index in [0.29, 0.717) is 0 Å². The summed E-state index contributed by atoms with van der Waals surface area (Å²) in [7, 11) is 0. The van der Waals surface area contributed by atoms with Crippen molar-refractivity contribution in [3.63, 3.8) is 0 Å². The van der Waals surface area contributed by atoms with E-state index in [9.17, 15) is 0 Å². The van der Waals surface area contributed by atoms with Gasteiger partial charge in [0, 0.05) is 4.88 Å². The lowest BCUT2D eigenvalue weighted by molar-refractivity contribution is 0.690. The van der Waals surface area contributed by atoms with E-state index in [1.807, 2.05) is 11.3 Å². The van der Waals surface area contributed by atoms with Crippen LogP contribution in [0.1, 0.15) is 30.6 Å². The van der Waals surface area contributed by atoms with Gasteiger partial charge in [0.25, 0.3) is 0 Å². The maximum Gasteiger partial charge on any atom is 0.0850 e. The molecule has 0 aliphatic heterocycles. The second kappa shape index (κ2) is 5.25. The molecular weight excluding hydrogens is 152 g/mol. The molecule has 60 valence electrons. The second-order valence-corrected chi connectivity index (χ2v) is 3.78. The Labute approximate surface area is 73.3 Å². The molecule has 1 heteroatoms. The summed E-state index contributed by atoms with van der Waals surface area (Å²) in [6.07, 6.45) is 6.30. The van der Waals surface area contributed by atoms with Gasteiger partial charge in [0.2, 0.25) is 0 Å². The number of unbranched alkanes of at least 4 members (excludes halogenated alkanes) is 3. The van der Waals surface area contributed by atoms with E-state index in [2.05, 4.69) is 24.4 Å². The molecule has 0 saturated heterocycles. The molecule has 0 aromatic carbocycles. The lowest BCUT2D eigenvalue weighted by Gasteiger charge is -1.94. The fraction of sp³-hybridized carbons (Fsp3) is 0.500. The van der Waals surface area contributed by atoms with Crippen molar-refractivity contribution in [2.75, 3.05) is 0 Å². The van der Waals surface area contributed by atoms with Gasteiger partial charge < -0.3 is 0 Å². The van der Waals surface area contributed by atoms with Crippen molar-refractivity contribution in [1.29, 1.82) is 0 Å². The average molecular weight is 167 g/mol. The van der Waals surface area contributed by atoms with Crippen LogP contribution in [-0.2, 0) is 6.42 Å². The second-order valence-electron chi connectivity index (χ2n) is 2.74. The third kappa shape index (κ3) is 3.47. The highest BCUT2D eigenvalue weighted by Crippen LogP contribution is 2.12. The van der Waals surface area contributed by atoms with Crippen LogP contribution in [0.15, 0.2) is 17.5 Å². The Morgan fingerprint density at radius 2 is 2.18 bits per heavy atom. The zero-order valence-electron chi connectivity index (χ0n) is 6.88. The fourth-order valence-corrected chi connectivity index (χ4v) is 1.86. The highest BCUT2D eigenvalue weighted by Gasteiger charge is 1.93. The van der Waals surface area contributed by atoms with Crippen molar-refractivity contribution >= 4 is 11.3 Å². The molecule has 0 aliphatic carbocycles. The van der Waals surface area contributed by atoms with Gasteiger partial charge in [0.05, 0.1) is 13.3 Å².